The SMILES string of the molecule is c1ccc2c(-c3c4cccc(-c5cccc6c5c5cccc7c8ccccc8n6c75)c4cc4c(-c5cccc6c5c5cccc7c8ccccc8n6c75)cccc34)cccc2c1. The van der Waals surface area contributed by atoms with Crippen LogP contribution in [0.5, 0.6) is 0 Å². The Hall–Kier alpha value is -8.20. The fraction of sp³-hybridized carbons (Fsp3) is 0. The summed E-state index contributed by atoms with van der Waals surface area (Å²) in [6.45, 7) is 0. The van der Waals surface area contributed by atoms with Crippen molar-refractivity contribution in [1.29, 1.82) is 0 Å². The molecule has 0 amide bonds. The first-order chi connectivity index (χ1) is 30.8. The van der Waals surface area contributed by atoms with Gasteiger partial charge in [-0.25, -0.2) is 0 Å². The number of para-hydroxylation sites is 4. The molecule has 0 saturated heterocycles. The highest BCUT2D eigenvalue weighted by Crippen LogP contribution is 2.50. The Labute approximate surface area is 355 Å². The standard InChI is InChI=1S/C60H34N2/c1-2-16-36-35(14-1)15-7-21-41(36)56-44-22-8-19-37(42-24-12-32-54-57(42)48-28-10-26-46-39-17-3-5-30-52(39)61(54)59(46)48)50(44)34-51-38(20-9-23-45(51)56)43-25-13-33-55-58(43)49-29-11-27-47-40-18-4-6-31-53(40)62(55)60(47)49/h1-34H. The minimum atomic E-state index is 1.24. The minimum absolute atomic E-state index is 1.24. The van der Waals surface area contributed by atoms with Gasteiger partial charge in [-0.2, -0.15) is 0 Å². The average Bonchev–Trinajstić information content (AvgIpc) is 4.07. The van der Waals surface area contributed by atoms with Crippen molar-refractivity contribution >= 4 is 109 Å². The van der Waals surface area contributed by atoms with Crippen LogP contribution in [0.15, 0.2) is 206 Å². The van der Waals surface area contributed by atoms with E-state index in [1.807, 2.05) is 0 Å². The van der Waals surface area contributed by atoms with E-state index in [-0.39, 0.29) is 0 Å². The van der Waals surface area contributed by atoms with Crippen molar-refractivity contribution < 1.29 is 0 Å². The van der Waals surface area contributed by atoms with Gasteiger partial charge >= 0.3 is 0 Å². The van der Waals surface area contributed by atoms with Crippen LogP contribution in [-0.2, 0) is 0 Å². The maximum absolute atomic E-state index is 2.51. The van der Waals surface area contributed by atoms with Gasteiger partial charge in [-0.1, -0.05) is 176 Å². The second-order valence-corrected chi connectivity index (χ2v) is 17.1. The Morgan fingerprint density at radius 1 is 0.226 bits per heavy atom. The molecule has 15 rings (SSSR count). The van der Waals surface area contributed by atoms with Crippen LogP contribution in [0.25, 0.3) is 142 Å². The molecule has 11 aromatic carbocycles. The van der Waals surface area contributed by atoms with E-state index in [0.29, 0.717) is 0 Å². The van der Waals surface area contributed by atoms with E-state index in [9.17, 15) is 0 Å². The highest BCUT2D eigenvalue weighted by atomic mass is 14.9. The van der Waals surface area contributed by atoms with Gasteiger partial charge in [0, 0.05) is 43.1 Å². The number of nitrogens with zero attached hydrogens (tertiary/aromatic N) is 2. The number of aromatic nitrogens is 2. The predicted molar refractivity (Wildman–Crippen MR) is 265 cm³/mol. The number of fused-ring (bicyclic) bond motifs is 15. The summed E-state index contributed by atoms with van der Waals surface area (Å²) in [6.07, 6.45) is 0. The molecular weight excluding hydrogens is 749 g/mol. The molecule has 0 spiro atoms. The van der Waals surface area contributed by atoms with E-state index < -0.39 is 0 Å². The zero-order chi connectivity index (χ0) is 40.2. The Morgan fingerprint density at radius 3 is 1.18 bits per heavy atom. The zero-order valence-electron chi connectivity index (χ0n) is 33.5. The lowest BCUT2D eigenvalue weighted by atomic mass is 9.84. The summed E-state index contributed by atoms with van der Waals surface area (Å²) in [5.41, 5.74) is 15.1. The van der Waals surface area contributed by atoms with Crippen LogP contribution in [0.2, 0.25) is 0 Å². The molecule has 0 aliphatic heterocycles. The third-order valence-electron chi connectivity index (χ3n) is 14.2. The molecule has 0 saturated carbocycles. The van der Waals surface area contributed by atoms with Crippen molar-refractivity contribution in [2.24, 2.45) is 0 Å². The molecule has 0 aliphatic carbocycles. The molecule has 4 aromatic heterocycles. The quantitative estimate of drug-likeness (QED) is 0.158. The van der Waals surface area contributed by atoms with Gasteiger partial charge in [-0.3, -0.25) is 0 Å². The monoisotopic (exact) mass is 782 g/mol. The first-order valence-electron chi connectivity index (χ1n) is 21.6. The molecule has 284 valence electrons. The average molecular weight is 783 g/mol. The molecule has 4 heterocycles. The van der Waals surface area contributed by atoms with Crippen LogP contribution in [0.1, 0.15) is 0 Å². The fourth-order valence-electron chi connectivity index (χ4n) is 11.8. The summed E-state index contributed by atoms with van der Waals surface area (Å²) in [4.78, 5) is 0. The second kappa shape index (κ2) is 11.8. The Morgan fingerprint density at radius 2 is 0.597 bits per heavy atom. The van der Waals surface area contributed by atoms with E-state index >= 15 is 0 Å². The maximum Gasteiger partial charge on any atom is 0.0620 e. The van der Waals surface area contributed by atoms with Gasteiger partial charge < -0.3 is 8.80 Å². The lowest BCUT2D eigenvalue weighted by Gasteiger charge is -2.19. The minimum Gasteiger partial charge on any atom is -0.308 e. The lowest BCUT2D eigenvalue weighted by molar-refractivity contribution is 1.37. The van der Waals surface area contributed by atoms with E-state index in [1.165, 1.54) is 142 Å². The third-order valence-corrected chi connectivity index (χ3v) is 14.2. The van der Waals surface area contributed by atoms with Crippen molar-refractivity contribution in [2.45, 2.75) is 0 Å². The summed E-state index contributed by atoms with van der Waals surface area (Å²) in [5, 5.41) is 17.9. The Bertz CT molecular complexity index is 4140. The molecule has 15 aromatic rings. The van der Waals surface area contributed by atoms with Crippen molar-refractivity contribution in [1.82, 2.24) is 8.80 Å². The van der Waals surface area contributed by atoms with Crippen LogP contribution in [0, 0.1) is 0 Å². The molecule has 0 radical (unpaired) electrons. The fourth-order valence-corrected chi connectivity index (χ4v) is 11.8. The van der Waals surface area contributed by atoms with Crippen molar-refractivity contribution in [3.63, 3.8) is 0 Å². The van der Waals surface area contributed by atoms with E-state index in [4.69, 9.17) is 0 Å². The summed E-state index contributed by atoms with van der Waals surface area (Å²) in [6, 6.07) is 77.3. The topological polar surface area (TPSA) is 8.82 Å². The first-order valence-corrected chi connectivity index (χ1v) is 21.6. The molecule has 0 atom stereocenters. The van der Waals surface area contributed by atoms with Gasteiger partial charge in [0.05, 0.1) is 33.1 Å². The first kappa shape index (κ1) is 32.6. The van der Waals surface area contributed by atoms with Crippen LogP contribution in [0.3, 0.4) is 0 Å². The second-order valence-electron chi connectivity index (χ2n) is 17.1. The Kier molecular flexibility index (Phi) is 6.18. The largest absolute Gasteiger partial charge is 0.308 e. The highest BCUT2D eigenvalue weighted by molar-refractivity contribution is 6.30. The predicted octanol–water partition coefficient (Wildman–Crippen LogP) is 16.4. The van der Waals surface area contributed by atoms with Gasteiger partial charge in [0.2, 0.25) is 0 Å². The molecule has 0 bridgehead atoms. The normalized spacial score (nSPS) is 12.5. The number of hydrogen-bond donors (Lipinski definition) is 0. The molecule has 62 heavy (non-hydrogen) atoms. The van der Waals surface area contributed by atoms with Crippen LogP contribution in [0.4, 0.5) is 0 Å². The van der Waals surface area contributed by atoms with E-state index in [1.54, 1.807) is 0 Å². The smallest absolute Gasteiger partial charge is 0.0620 e. The van der Waals surface area contributed by atoms with E-state index in [2.05, 4.69) is 215 Å². The molecule has 2 heteroatoms. The van der Waals surface area contributed by atoms with Crippen LogP contribution >= 0.6 is 0 Å². The summed E-state index contributed by atoms with van der Waals surface area (Å²) >= 11 is 0. The van der Waals surface area contributed by atoms with E-state index in [0.717, 1.165) is 0 Å². The molecule has 2 nitrogen and oxygen atoms in total. The Balaban J connectivity index is 1.10. The molecule has 0 aliphatic rings. The van der Waals surface area contributed by atoms with Gasteiger partial charge in [0.1, 0.15) is 0 Å². The molecule has 0 unspecified atom stereocenters. The van der Waals surface area contributed by atoms with Gasteiger partial charge in [-0.15, -0.1) is 0 Å². The zero-order valence-corrected chi connectivity index (χ0v) is 33.5. The van der Waals surface area contributed by atoms with Crippen molar-refractivity contribution in [3.05, 3.63) is 206 Å². The number of hydrogen-bond acceptors (Lipinski definition) is 0. The highest BCUT2D eigenvalue weighted by Gasteiger charge is 2.24. The summed E-state index contributed by atoms with van der Waals surface area (Å²) < 4.78 is 4.99. The molecule has 0 N–H and O–H groups in total. The molecular formula is C60H34N2. The summed E-state index contributed by atoms with van der Waals surface area (Å²) in [5.74, 6) is 0. The van der Waals surface area contributed by atoms with Crippen molar-refractivity contribution in [3.8, 4) is 33.4 Å². The third kappa shape index (κ3) is 4.00. The number of rotatable bonds is 3. The maximum atomic E-state index is 2.51. The van der Waals surface area contributed by atoms with Crippen LogP contribution < -0.4 is 0 Å². The lowest BCUT2D eigenvalue weighted by Crippen LogP contribution is -1.92. The summed E-state index contributed by atoms with van der Waals surface area (Å²) in [7, 11) is 0. The van der Waals surface area contributed by atoms with Gasteiger partial charge in [0.15, 0.2) is 0 Å². The number of benzene rings is 11. The van der Waals surface area contributed by atoms with Crippen LogP contribution in [-0.4, -0.2) is 8.80 Å². The van der Waals surface area contributed by atoms with Gasteiger partial charge in [-0.05, 0) is 96.0 Å². The van der Waals surface area contributed by atoms with Gasteiger partial charge in [0.25, 0.3) is 0 Å². The van der Waals surface area contributed by atoms with Crippen molar-refractivity contribution in [2.75, 3.05) is 0 Å². The molecule has 0 fully saturated rings.